The molecule has 5 nitrogen and oxygen atoms in total. The van der Waals surface area contributed by atoms with Crippen LogP contribution in [0.4, 0.5) is 0 Å². The van der Waals surface area contributed by atoms with Crippen LogP contribution in [0.2, 0.25) is 0 Å². The van der Waals surface area contributed by atoms with Crippen molar-refractivity contribution in [1.29, 1.82) is 0 Å². The Morgan fingerprint density at radius 1 is 1.32 bits per heavy atom. The monoisotopic (exact) mass is 299 g/mol. The van der Waals surface area contributed by atoms with E-state index in [0.717, 1.165) is 17.1 Å². The van der Waals surface area contributed by atoms with Crippen molar-refractivity contribution in [3.8, 4) is 11.5 Å². The van der Waals surface area contributed by atoms with Gasteiger partial charge in [-0.2, -0.15) is 0 Å². The molecule has 0 spiro atoms. The van der Waals surface area contributed by atoms with E-state index in [0.29, 0.717) is 12.2 Å². The maximum atomic E-state index is 11.9. The van der Waals surface area contributed by atoms with Crippen molar-refractivity contribution in [2.24, 2.45) is 0 Å². The van der Waals surface area contributed by atoms with Gasteiger partial charge in [-0.05, 0) is 42.8 Å². The zero-order chi connectivity index (χ0) is 15.4. The Balaban J connectivity index is 1.54. The fourth-order valence-electron chi connectivity index (χ4n) is 2.26. The van der Waals surface area contributed by atoms with Gasteiger partial charge in [-0.3, -0.25) is 4.79 Å². The third-order valence-electron chi connectivity index (χ3n) is 3.30. The Kier molecular flexibility index (Phi) is 4.14. The minimum absolute atomic E-state index is 0.0000499. The fraction of sp³-hybridized carbons (Fsp3) is 0.235. The summed E-state index contributed by atoms with van der Waals surface area (Å²) in [5.41, 5.74) is 0.887. The van der Waals surface area contributed by atoms with Crippen molar-refractivity contribution in [2.45, 2.75) is 19.4 Å². The molecule has 114 valence electrons. The zero-order valence-corrected chi connectivity index (χ0v) is 12.2. The number of nitrogens with one attached hydrogen (secondary N) is 1. The molecule has 22 heavy (non-hydrogen) atoms. The molecule has 1 aliphatic heterocycles. The van der Waals surface area contributed by atoms with E-state index < -0.39 is 0 Å². The Hall–Kier alpha value is -2.69. The molecule has 0 radical (unpaired) electrons. The Labute approximate surface area is 128 Å². The summed E-state index contributed by atoms with van der Waals surface area (Å²) in [4.78, 5) is 11.9. The molecule has 1 aromatic carbocycles. The molecule has 0 unspecified atom stereocenters. The van der Waals surface area contributed by atoms with Crippen LogP contribution in [0.15, 0.2) is 47.1 Å². The van der Waals surface area contributed by atoms with Gasteiger partial charge in [0.25, 0.3) is 0 Å². The molecule has 1 atom stereocenters. The average Bonchev–Trinajstić information content (AvgIpc) is 3.15. The molecule has 1 amide bonds. The topological polar surface area (TPSA) is 60.7 Å². The number of fused-ring (bicyclic) bond motifs is 1. The lowest BCUT2D eigenvalue weighted by atomic mass is 10.1. The number of carbonyl (C=O) groups excluding carboxylic acids is 1. The van der Waals surface area contributed by atoms with E-state index in [1.165, 1.54) is 6.08 Å². The van der Waals surface area contributed by atoms with Crippen LogP contribution in [0, 0.1) is 0 Å². The highest BCUT2D eigenvalue weighted by atomic mass is 16.7. The summed E-state index contributed by atoms with van der Waals surface area (Å²) < 4.78 is 15.8. The molecule has 1 N–H and O–H groups in total. The number of hydrogen-bond donors (Lipinski definition) is 1. The van der Waals surface area contributed by atoms with Gasteiger partial charge in [0, 0.05) is 18.5 Å². The first kappa shape index (κ1) is 14.3. The first-order valence-corrected chi connectivity index (χ1v) is 7.11. The molecule has 2 aromatic rings. The minimum Gasteiger partial charge on any atom is -0.469 e. The van der Waals surface area contributed by atoms with Gasteiger partial charge >= 0.3 is 0 Å². The maximum absolute atomic E-state index is 11.9. The highest BCUT2D eigenvalue weighted by Gasteiger charge is 2.12. The number of carbonyl (C=O) groups is 1. The highest BCUT2D eigenvalue weighted by Crippen LogP contribution is 2.32. The molecule has 0 saturated heterocycles. The highest BCUT2D eigenvalue weighted by molar-refractivity contribution is 5.92. The SMILES string of the molecule is C[C@@H](Cc1ccco1)NC(=O)/C=C/c1ccc2c(c1)OCO2. The van der Waals surface area contributed by atoms with E-state index in [4.69, 9.17) is 13.9 Å². The van der Waals surface area contributed by atoms with Crippen LogP contribution >= 0.6 is 0 Å². The van der Waals surface area contributed by atoms with Crippen molar-refractivity contribution < 1.29 is 18.7 Å². The fourth-order valence-corrected chi connectivity index (χ4v) is 2.26. The molecule has 5 heteroatoms. The zero-order valence-electron chi connectivity index (χ0n) is 12.2. The summed E-state index contributed by atoms with van der Waals surface area (Å²) in [6, 6.07) is 9.29. The number of amides is 1. The normalized spacial score (nSPS) is 14.2. The summed E-state index contributed by atoms with van der Waals surface area (Å²) in [5, 5.41) is 2.90. The predicted octanol–water partition coefficient (Wildman–Crippen LogP) is 2.77. The molecular weight excluding hydrogens is 282 g/mol. The lowest BCUT2D eigenvalue weighted by molar-refractivity contribution is -0.117. The smallest absolute Gasteiger partial charge is 0.244 e. The second-order valence-corrected chi connectivity index (χ2v) is 5.14. The van der Waals surface area contributed by atoms with Gasteiger partial charge in [0.05, 0.1) is 6.26 Å². The van der Waals surface area contributed by atoms with Crippen molar-refractivity contribution in [2.75, 3.05) is 6.79 Å². The molecule has 1 aliphatic rings. The van der Waals surface area contributed by atoms with Crippen molar-refractivity contribution in [1.82, 2.24) is 5.32 Å². The van der Waals surface area contributed by atoms with Crippen LogP contribution < -0.4 is 14.8 Å². The van der Waals surface area contributed by atoms with E-state index in [9.17, 15) is 4.79 Å². The molecule has 0 fully saturated rings. The van der Waals surface area contributed by atoms with Gasteiger partial charge in [0.15, 0.2) is 11.5 Å². The van der Waals surface area contributed by atoms with Crippen LogP contribution in [0.3, 0.4) is 0 Å². The van der Waals surface area contributed by atoms with Crippen LogP contribution in [0.25, 0.3) is 6.08 Å². The second kappa shape index (κ2) is 6.39. The van der Waals surface area contributed by atoms with E-state index in [1.807, 2.05) is 37.3 Å². The van der Waals surface area contributed by atoms with Crippen LogP contribution in [-0.2, 0) is 11.2 Å². The maximum Gasteiger partial charge on any atom is 0.244 e. The summed E-state index contributed by atoms with van der Waals surface area (Å²) in [7, 11) is 0. The van der Waals surface area contributed by atoms with Crippen molar-refractivity contribution in [3.63, 3.8) is 0 Å². The van der Waals surface area contributed by atoms with E-state index in [2.05, 4.69) is 5.32 Å². The Bertz CT molecular complexity index is 676. The van der Waals surface area contributed by atoms with Crippen LogP contribution in [0.5, 0.6) is 11.5 Å². The summed E-state index contributed by atoms with van der Waals surface area (Å²) in [5.74, 6) is 2.15. The predicted molar refractivity (Wildman–Crippen MR) is 81.6 cm³/mol. The van der Waals surface area contributed by atoms with Gasteiger partial charge in [0.2, 0.25) is 12.7 Å². The van der Waals surface area contributed by atoms with Gasteiger partial charge < -0.3 is 19.2 Å². The summed E-state index contributed by atoms with van der Waals surface area (Å²) in [6.07, 6.45) is 5.55. The minimum atomic E-state index is -0.142. The largest absolute Gasteiger partial charge is 0.469 e. The average molecular weight is 299 g/mol. The molecule has 0 aliphatic carbocycles. The Morgan fingerprint density at radius 2 is 2.18 bits per heavy atom. The van der Waals surface area contributed by atoms with E-state index >= 15 is 0 Å². The lowest BCUT2D eigenvalue weighted by Crippen LogP contribution is -2.32. The molecule has 2 heterocycles. The quantitative estimate of drug-likeness (QED) is 0.862. The van der Waals surface area contributed by atoms with Crippen molar-refractivity contribution >= 4 is 12.0 Å². The van der Waals surface area contributed by atoms with E-state index in [1.54, 1.807) is 12.3 Å². The Morgan fingerprint density at radius 3 is 3.00 bits per heavy atom. The van der Waals surface area contributed by atoms with Gasteiger partial charge in [-0.25, -0.2) is 0 Å². The number of ether oxygens (including phenoxy) is 2. The number of furan rings is 1. The molecular formula is C17H17NO4. The van der Waals surface area contributed by atoms with Crippen LogP contribution in [0.1, 0.15) is 18.2 Å². The number of benzene rings is 1. The van der Waals surface area contributed by atoms with E-state index in [-0.39, 0.29) is 18.7 Å². The standard InChI is InChI=1S/C17H17NO4/c1-12(9-14-3-2-8-20-14)18-17(19)7-5-13-4-6-15-16(10-13)22-11-21-15/h2-8,10,12H,9,11H2,1H3,(H,18,19)/b7-5+/t12-/m0/s1. The number of hydrogen-bond acceptors (Lipinski definition) is 4. The summed E-state index contributed by atoms with van der Waals surface area (Å²) >= 11 is 0. The number of rotatable bonds is 5. The first-order valence-electron chi connectivity index (χ1n) is 7.11. The summed E-state index contributed by atoms with van der Waals surface area (Å²) in [6.45, 7) is 2.18. The molecule has 0 saturated carbocycles. The lowest BCUT2D eigenvalue weighted by Gasteiger charge is -2.10. The van der Waals surface area contributed by atoms with Crippen molar-refractivity contribution in [3.05, 3.63) is 54.0 Å². The third-order valence-corrected chi connectivity index (χ3v) is 3.30. The van der Waals surface area contributed by atoms with Crippen LogP contribution in [-0.4, -0.2) is 18.7 Å². The molecule has 0 bridgehead atoms. The first-order chi connectivity index (χ1) is 10.7. The molecule has 1 aromatic heterocycles. The second-order valence-electron chi connectivity index (χ2n) is 5.14. The molecule has 3 rings (SSSR count). The third kappa shape index (κ3) is 3.49. The van der Waals surface area contributed by atoms with Gasteiger partial charge in [-0.1, -0.05) is 6.07 Å². The van der Waals surface area contributed by atoms with Gasteiger partial charge in [-0.15, -0.1) is 0 Å². The van der Waals surface area contributed by atoms with Gasteiger partial charge in [0.1, 0.15) is 5.76 Å².